The monoisotopic (exact) mass is 764 g/mol. The third-order valence-electron chi connectivity index (χ3n) is 11.6. The molecule has 0 saturated heterocycles. The molecule has 0 saturated carbocycles. The van der Waals surface area contributed by atoms with Crippen molar-refractivity contribution in [3.63, 3.8) is 0 Å². The second-order valence-corrected chi connectivity index (χ2v) is 16.1. The summed E-state index contributed by atoms with van der Waals surface area (Å²) in [6.07, 6.45) is 14.5. The van der Waals surface area contributed by atoms with Crippen LogP contribution in [0.25, 0.3) is 68.3 Å². The van der Waals surface area contributed by atoms with Crippen LogP contribution in [0.3, 0.4) is 0 Å². The highest BCUT2D eigenvalue weighted by Crippen LogP contribution is 2.33. The molecule has 1 heteroatoms. The number of furan rings is 1. The van der Waals surface area contributed by atoms with E-state index in [1.165, 1.54) is 72.3 Å². The lowest BCUT2D eigenvalue weighted by molar-refractivity contribution is 0.440. The largest absolute Gasteiger partial charge is 0.460 e. The van der Waals surface area contributed by atoms with Crippen LogP contribution in [0.15, 0.2) is 199 Å². The Kier molecular flexibility index (Phi) is 11.8. The summed E-state index contributed by atoms with van der Waals surface area (Å²) in [5.74, 6) is 2.13. The topological polar surface area (TPSA) is 13.1 Å². The minimum atomic E-state index is 0.423. The van der Waals surface area contributed by atoms with Crippen molar-refractivity contribution in [2.24, 2.45) is 5.92 Å². The van der Waals surface area contributed by atoms with Gasteiger partial charge < -0.3 is 4.42 Å². The average molecular weight is 765 g/mol. The molecule has 0 amide bonds. The molecule has 1 aromatic heterocycles. The van der Waals surface area contributed by atoms with Crippen molar-refractivity contribution in [3.8, 4) is 44.5 Å². The Bertz CT molecular complexity index is 2810. The van der Waals surface area contributed by atoms with E-state index in [-0.39, 0.29) is 0 Å². The summed E-state index contributed by atoms with van der Waals surface area (Å²) in [5, 5.41) is 1.03. The van der Waals surface area contributed by atoms with E-state index in [0.29, 0.717) is 11.8 Å². The number of rotatable bonds is 7. The van der Waals surface area contributed by atoms with E-state index in [2.05, 4.69) is 215 Å². The molecule has 0 fully saturated rings. The highest BCUT2D eigenvalue weighted by Gasteiger charge is 2.18. The zero-order valence-electron chi connectivity index (χ0n) is 34.5. The third kappa shape index (κ3) is 9.06. The maximum atomic E-state index is 6.32. The molecule has 1 heterocycles. The summed E-state index contributed by atoms with van der Waals surface area (Å²) < 4.78 is 6.32. The lowest BCUT2D eigenvalue weighted by Gasteiger charge is -2.17. The van der Waals surface area contributed by atoms with E-state index in [1.807, 2.05) is 6.92 Å². The SMILES string of the molecule is C=C(C)c1cccc(-c2cccc(-c3cccc(-c4cccc(-c5ccccc5)c4)c3)c2)c1.C=c1c2c(o/c1=C(/C)C1=CC(c3ccccc3)CC=C1)CC(C)CC=C2. The van der Waals surface area contributed by atoms with Crippen LogP contribution in [0.4, 0.5) is 0 Å². The molecule has 0 bridgehead atoms. The van der Waals surface area contributed by atoms with E-state index in [9.17, 15) is 0 Å². The fourth-order valence-corrected chi connectivity index (χ4v) is 8.22. The first kappa shape index (κ1) is 39.1. The molecule has 2 aliphatic carbocycles. The van der Waals surface area contributed by atoms with E-state index >= 15 is 0 Å². The van der Waals surface area contributed by atoms with Crippen LogP contribution < -0.4 is 10.6 Å². The van der Waals surface area contributed by atoms with Crippen molar-refractivity contribution in [1.82, 2.24) is 0 Å². The normalized spacial score (nSPS) is 16.2. The molecule has 2 unspecified atom stereocenters. The van der Waals surface area contributed by atoms with E-state index in [4.69, 9.17) is 4.42 Å². The summed E-state index contributed by atoms with van der Waals surface area (Å²) in [6, 6.07) is 56.2. The highest BCUT2D eigenvalue weighted by atomic mass is 16.3. The molecule has 2 aliphatic rings. The molecule has 0 N–H and O–H groups in total. The molecular formula is C58H52O. The van der Waals surface area contributed by atoms with Crippen molar-refractivity contribution < 1.29 is 4.42 Å². The van der Waals surface area contributed by atoms with Crippen molar-refractivity contribution in [2.45, 2.75) is 46.0 Å². The minimum Gasteiger partial charge on any atom is -0.460 e. The van der Waals surface area contributed by atoms with E-state index in [1.54, 1.807) is 0 Å². The van der Waals surface area contributed by atoms with Crippen molar-refractivity contribution >= 4 is 23.8 Å². The van der Waals surface area contributed by atoms with Crippen molar-refractivity contribution in [3.05, 3.63) is 227 Å². The number of benzene rings is 6. The Morgan fingerprint density at radius 3 is 1.63 bits per heavy atom. The Morgan fingerprint density at radius 1 is 0.559 bits per heavy atom. The van der Waals surface area contributed by atoms with Crippen LogP contribution in [0, 0.1) is 5.92 Å². The van der Waals surface area contributed by atoms with E-state index < -0.39 is 0 Å². The second kappa shape index (κ2) is 17.8. The second-order valence-electron chi connectivity index (χ2n) is 16.1. The molecular weight excluding hydrogens is 713 g/mol. The highest BCUT2D eigenvalue weighted by molar-refractivity contribution is 5.80. The number of allylic oxidation sites excluding steroid dienone is 6. The van der Waals surface area contributed by atoms with Crippen LogP contribution in [0.1, 0.15) is 62.0 Å². The maximum absolute atomic E-state index is 6.32. The molecule has 7 aromatic rings. The van der Waals surface area contributed by atoms with Gasteiger partial charge in [0.2, 0.25) is 0 Å². The lowest BCUT2D eigenvalue weighted by atomic mass is 9.87. The van der Waals surface area contributed by atoms with Crippen LogP contribution in [0.5, 0.6) is 0 Å². The number of hydrogen-bond donors (Lipinski definition) is 0. The van der Waals surface area contributed by atoms with Crippen molar-refractivity contribution in [2.75, 3.05) is 0 Å². The Labute approximate surface area is 350 Å². The minimum absolute atomic E-state index is 0.423. The third-order valence-corrected chi connectivity index (χ3v) is 11.6. The first-order valence-electron chi connectivity index (χ1n) is 20.8. The number of hydrogen-bond acceptors (Lipinski definition) is 1. The van der Waals surface area contributed by atoms with Crippen molar-refractivity contribution in [1.29, 1.82) is 0 Å². The zero-order chi connectivity index (χ0) is 40.7. The van der Waals surface area contributed by atoms with Gasteiger partial charge in [-0.2, -0.15) is 0 Å². The van der Waals surface area contributed by atoms with Gasteiger partial charge in [-0.05, 0) is 124 Å². The summed E-state index contributed by atoms with van der Waals surface area (Å²) in [4.78, 5) is 0. The summed E-state index contributed by atoms with van der Waals surface area (Å²) in [5.41, 5.74) is 18.0. The van der Waals surface area contributed by atoms with Gasteiger partial charge in [-0.1, -0.05) is 189 Å². The molecule has 0 spiro atoms. The van der Waals surface area contributed by atoms with Gasteiger partial charge in [0, 0.05) is 23.1 Å². The molecule has 9 rings (SSSR count). The fourth-order valence-electron chi connectivity index (χ4n) is 8.22. The maximum Gasteiger partial charge on any atom is 0.137 e. The smallest absolute Gasteiger partial charge is 0.137 e. The Hall–Kier alpha value is -6.70. The van der Waals surface area contributed by atoms with Crippen LogP contribution in [-0.2, 0) is 6.42 Å². The Morgan fingerprint density at radius 2 is 1.05 bits per heavy atom. The average Bonchev–Trinajstić information content (AvgIpc) is 3.47. The summed E-state index contributed by atoms with van der Waals surface area (Å²) in [7, 11) is 0. The van der Waals surface area contributed by atoms with Gasteiger partial charge in [-0.3, -0.25) is 0 Å². The summed E-state index contributed by atoms with van der Waals surface area (Å²) >= 11 is 0. The molecule has 0 aliphatic heterocycles. The lowest BCUT2D eigenvalue weighted by Crippen LogP contribution is -2.23. The number of fused-ring (bicyclic) bond motifs is 1. The molecule has 290 valence electrons. The van der Waals surface area contributed by atoms with Gasteiger partial charge in [0.05, 0.1) is 0 Å². The van der Waals surface area contributed by atoms with Gasteiger partial charge in [0.25, 0.3) is 0 Å². The van der Waals surface area contributed by atoms with Gasteiger partial charge in [0.15, 0.2) is 0 Å². The summed E-state index contributed by atoms with van der Waals surface area (Å²) in [6.45, 7) is 14.9. The van der Waals surface area contributed by atoms with Crippen LogP contribution in [-0.4, -0.2) is 0 Å². The van der Waals surface area contributed by atoms with Crippen LogP contribution in [0.2, 0.25) is 0 Å². The predicted octanol–water partition coefficient (Wildman–Crippen LogP) is 14.5. The predicted molar refractivity (Wildman–Crippen MR) is 253 cm³/mol. The van der Waals surface area contributed by atoms with Crippen LogP contribution >= 0.6 is 0 Å². The van der Waals surface area contributed by atoms with E-state index in [0.717, 1.165) is 41.2 Å². The zero-order valence-corrected chi connectivity index (χ0v) is 34.5. The Balaban J connectivity index is 0.000000169. The molecule has 2 atom stereocenters. The van der Waals surface area contributed by atoms with Gasteiger partial charge in [-0.25, -0.2) is 0 Å². The fraction of sp³-hybridized carbons (Fsp3) is 0.138. The standard InChI is InChI=1S/C33H26.C25H26O/c1-24(2)26-12-6-14-28(20-26)30-16-8-18-32(22-30)33-19-9-17-31(23-33)29-15-7-13-27(21-29)25-10-4-3-5-11-25;1-17-9-7-14-23-19(3)25(26-24(23)15-17)18(2)21-12-8-13-22(16-21)20-10-5-4-6-11-20/h3-23H,1H2,2H3;4-8,10-12,14,16-17,22H,3,9,13,15H2,1-2H3/b;25-18-. The first-order valence-corrected chi connectivity index (χ1v) is 20.8. The molecule has 1 nitrogen and oxygen atoms in total. The van der Waals surface area contributed by atoms with Gasteiger partial charge in [-0.15, -0.1) is 0 Å². The quantitative estimate of drug-likeness (QED) is 0.158. The molecule has 0 radical (unpaired) electrons. The van der Waals surface area contributed by atoms with Gasteiger partial charge in [0.1, 0.15) is 11.2 Å². The first-order chi connectivity index (χ1) is 28.8. The molecule has 6 aromatic carbocycles. The van der Waals surface area contributed by atoms with Gasteiger partial charge >= 0.3 is 0 Å². The molecule has 59 heavy (non-hydrogen) atoms.